The smallest absolute Gasteiger partial charge is 0.225 e. The summed E-state index contributed by atoms with van der Waals surface area (Å²) >= 11 is 0. The number of fused-ring (bicyclic) bond motifs is 4. The summed E-state index contributed by atoms with van der Waals surface area (Å²) in [6, 6.07) is 0.965. The molecule has 2 aromatic heterocycles. The lowest BCUT2D eigenvalue weighted by molar-refractivity contribution is 0.122. The lowest BCUT2D eigenvalue weighted by Crippen LogP contribution is -2.40. The number of aromatic nitrogens is 4. The van der Waals surface area contributed by atoms with E-state index in [0.717, 1.165) is 51.0 Å². The van der Waals surface area contributed by atoms with Crippen LogP contribution in [-0.2, 0) is 17.7 Å². The van der Waals surface area contributed by atoms with Gasteiger partial charge in [0.1, 0.15) is 5.82 Å². The topological polar surface area (TPSA) is 67.3 Å². The van der Waals surface area contributed by atoms with Gasteiger partial charge in [0.2, 0.25) is 5.95 Å². The summed E-state index contributed by atoms with van der Waals surface area (Å²) in [5, 5.41) is 0. The molecule has 2 atom stereocenters. The van der Waals surface area contributed by atoms with Gasteiger partial charge in [0.05, 0.1) is 18.9 Å². The molecule has 2 bridgehead atoms. The maximum atomic E-state index is 5.45. The molecule has 0 aromatic carbocycles. The second kappa shape index (κ2) is 7.37. The first kappa shape index (κ1) is 17.9. The minimum Gasteiger partial charge on any atom is -0.378 e. The monoisotopic (exact) mass is 380 g/mol. The second-order valence-electron chi connectivity index (χ2n) is 8.40. The molecule has 0 N–H and O–H groups in total. The molecule has 28 heavy (non-hydrogen) atoms. The molecule has 0 spiro atoms. The van der Waals surface area contributed by atoms with E-state index in [0.29, 0.717) is 18.0 Å². The van der Waals surface area contributed by atoms with Gasteiger partial charge in [0.25, 0.3) is 0 Å². The Morgan fingerprint density at radius 2 is 1.86 bits per heavy atom. The van der Waals surface area contributed by atoms with Crippen molar-refractivity contribution in [2.45, 2.75) is 57.7 Å². The maximum absolute atomic E-state index is 5.45. The Morgan fingerprint density at radius 1 is 1.07 bits per heavy atom. The van der Waals surface area contributed by atoms with Crippen molar-refractivity contribution in [1.82, 2.24) is 24.8 Å². The molecule has 148 valence electrons. The molecule has 0 aliphatic carbocycles. The van der Waals surface area contributed by atoms with E-state index in [-0.39, 0.29) is 0 Å². The van der Waals surface area contributed by atoms with E-state index in [1.165, 1.54) is 29.7 Å². The van der Waals surface area contributed by atoms with Crippen LogP contribution in [0.25, 0.3) is 0 Å². The number of nitrogens with zero attached hydrogens (tertiary/aromatic N) is 6. The first-order valence-electron chi connectivity index (χ1n) is 10.4. The Balaban J connectivity index is 1.35. The number of anilines is 1. The first-order chi connectivity index (χ1) is 13.7. The molecule has 7 nitrogen and oxygen atoms in total. The van der Waals surface area contributed by atoms with Crippen LogP contribution < -0.4 is 4.90 Å². The zero-order valence-corrected chi connectivity index (χ0v) is 16.7. The molecule has 2 fully saturated rings. The van der Waals surface area contributed by atoms with Crippen molar-refractivity contribution >= 4 is 5.95 Å². The third-order valence-corrected chi connectivity index (χ3v) is 6.22. The first-order valence-corrected chi connectivity index (χ1v) is 10.4. The van der Waals surface area contributed by atoms with E-state index < -0.39 is 0 Å². The quantitative estimate of drug-likeness (QED) is 0.807. The summed E-state index contributed by atoms with van der Waals surface area (Å²) in [5.74, 6) is 2.15. The zero-order chi connectivity index (χ0) is 19.1. The lowest BCUT2D eigenvalue weighted by Gasteiger charge is -2.36. The Hall–Kier alpha value is -2.12. The average molecular weight is 380 g/mol. The van der Waals surface area contributed by atoms with Gasteiger partial charge in [-0.05, 0) is 12.8 Å². The van der Waals surface area contributed by atoms with Crippen LogP contribution in [0.4, 0.5) is 5.95 Å². The largest absolute Gasteiger partial charge is 0.378 e. The van der Waals surface area contributed by atoms with Crippen molar-refractivity contribution < 1.29 is 4.74 Å². The Labute approximate surface area is 166 Å². The average Bonchev–Trinajstić information content (AvgIpc) is 3.00. The van der Waals surface area contributed by atoms with Crippen molar-refractivity contribution in [3.8, 4) is 0 Å². The van der Waals surface area contributed by atoms with Crippen LogP contribution in [0, 0.1) is 0 Å². The molecular formula is C21H28N6O. The summed E-state index contributed by atoms with van der Waals surface area (Å²) in [6.07, 6.45) is 9.48. The Bertz CT molecular complexity index is 833. The van der Waals surface area contributed by atoms with Gasteiger partial charge in [-0.25, -0.2) is 19.9 Å². The van der Waals surface area contributed by atoms with Crippen molar-refractivity contribution in [2.24, 2.45) is 0 Å². The third-order valence-electron chi connectivity index (χ3n) is 6.22. The highest BCUT2D eigenvalue weighted by Crippen LogP contribution is 2.43. The number of hydrogen-bond acceptors (Lipinski definition) is 7. The van der Waals surface area contributed by atoms with Crippen LogP contribution in [0.2, 0.25) is 0 Å². The van der Waals surface area contributed by atoms with Crippen molar-refractivity contribution in [3.05, 3.63) is 41.2 Å². The fourth-order valence-electron chi connectivity index (χ4n) is 4.68. The highest BCUT2D eigenvalue weighted by molar-refractivity contribution is 5.37. The van der Waals surface area contributed by atoms with Crippen LogP contribution >= 0.6 is 0 Å². The number of hydrogen-bond donors (Lipinski definition) is 0. The Morgan fingerprint density at radius 3 is 2.61 bits per heavy atom. The van der Waals surface area contributed by atoms with E-state index in [1.54, 1.807) is 0 Å². The normalized spacial score (nSPS) is 24.6. The van der Waals surface area contributed by atoms with Gasteiger partial charge < -0.3 is 9.64 Å². The van der Waals surface area contributed by atoms with Crippen molar-refractivity contribution in [2.75, 3.05) is 31.2 Å². The van der Waals surface area contributed by atoms with Gasteiger partial charge in [-0.3, -0.25) is 4.90 Å². The van der Waals surface area contributed by atoms with E-state index in [9.17, 15) is 0 Å². The summed E-state index contributed by atoms with van der Waals surface area (Å²) in [6.45, 7) is 8.44. The predicted molar refractivity (Wildman–Crippen MR) is 106 cm³/mol. The summed E-state index contributed by atoms with van der Waals surface area (Å²) in [4.78, 5) is 23.6. The minimum atomic E-state index is 0.366. The molecule has 5 rings (SSSR count). The molecule has 5 heterocycles. The van der Waals surface area contributed by atoms with Gasteiger partial charge in [-0.15, -0.1) is 0 Å². The van der Waals surface area contributed by atoms with Crippen LogP contribution in [0.1, 0.15) is 61.3 Å². The number of rotatable bonds is 4. The fraction of sp³-hybridized carbons (Fsp3) is 0.619. The van der Waals surface area contributed by atoms with E-state index in [1.807, 2.05) is 12.4 Å². The zero-order valence-electron chi connectivity index (χ0n) is 16.7. The van der Waals surface area contributed by atoms with Gasteiger partial charge in [0, 0.05) is 73.8 Å². The van der Waals surface area contributed by atoms with Gasteiger partial charge in [0.15, 0.2) is 0 Å². The predicted octanol–water partition coefficient (Wildman–Crippen LogP) is 2.49. The SMILES string of the molecule is CC(C)c1ncc(CN2[C@H]3CC[C@H]2c2cnc(N4CCOCC4)nc2C3)cn1. The maximum Gasteiger partial charge on any atom is 0.225 e. The fourth-order valence-corrected chi connectivity index (χ4v) is 4.68. The summed E-state index contributed by atoms with van der Waals surface area (Å²) in [5.41, 5.74) is 3.74. The van der Waals surface area contributed by atoms with E-state index in [2.05, 4.69) is 39.8 Å². The molecule has 2 aromatic rings. The number of ether oxygens (including phenoxy) is 1. The van der Waals surface area contributed by atoms with Crippen LogP contribution in [0.5, 0.6) is 0 Å². The minimum absolute atomic E-state index is 0.366. The van der Waals surface area contributed by atoms with Crippen LogP contribution in [0.15, 0.2) is 18.6 Å². The Kier molecular flexibility index (Phi) is 4.72. The third kappa shape index (κ3) is 3.26. The summed E-state index contributed by atoms with van der Waals surface area (Å²) < 4.78 is 5.45. The number of morpholine rings is 1. The van der Waals surface area contributed by atoms with E-state index >= 15 is 0 Å². The molecular weight excluding hydrogens is 352 g/mol. The molecule has 2 saturated heterocycles. The van der Waals surface area contributed by atoms with Gasteiger partial charge in [-0.2, -0.15) is 0 Å². The molecule has 0 radical (unpaired) electrons. The highest BCUT2D eigenvalue weighted by Gasteiger charge is 2.41. The van der Waals surface area contributed by atoms with Crippen LogP contribution in [-0.4, -0.2) is 57.2 Å². The standard InChI is InChI=1S/C21H28N6O/c1-14(2)20-22-10-15(11-23-20)13-27-16-3-4-19(27)17-12-24-21(25-18(17)9-16)26-5-7-28-8-6-26/h10-12,14,16,19H,3-9,13H2,1-2H3/t16-,19-/m0/s1. The highest BCUT2D eigenvalue weighted by atomic mass is 16.5. The molecule has 0 amide bonds. The van der Waals surface area contributed by atoms with Crippen molar-refractivity contribution in [3.63, 3.8) is 0 Å². The van der Waals surface area contributed by atoms with E-state index in [4.69, 9.17) is 14.7 Å². The van der Waals surface area contributed by atoms with Gasteiger partial charge >= 0.3 is 0 Å². The lowest BCUT2D eigenvalue weighted by atomic mass is 9.99. The second-order valence-corrected chi connectivity index (χ2v) is 8.40. The van der Waals surface area contributed by atoms with Gasteiger partial charge in [-0.1, -0.05) is 13.8 Å². The molecule has 0 saturated carbocycles. The van der Waals surface area contributed by atoms with Crippen LogP contribution in [0.3, 0.4) is 0 Å². The molecule has 7 heteroatoms. The molecule has 3 aliphatic rings. The molecule has 3 aliphatic heterocycles. The summed E-state index contributed by atoms with van der Waals surface area (Å²) in [7, 11) is 0. The molecule has 0 unspecified atom stereocenters. The van der Waals surface area contributed by atoms with Crippen molar-refractivity contribution in [1.29, 1.82) is 0 Å².